The molecule has 1 aromatic rings. The van der Waals surface area contributed by atoms with Gasteiger partial charge in [-0.2, -0.15) is 0 Å². The maximum atomic E-state index is 5.92. The molecular formula is C21H34IO4P. The maximum absolute atomic E-state index is 5.92. The molecule has 0 aromatic heterocycles. The van der Waals surface area contributed by atoms with Crippen LogP contribution in [0.15, 0.2) is 30.3 Å². The molecule has 1 saturated carbocycles. The molecule has 2 rings (SSSR count). The largest absolute Gasteiger partial charge is 0.381 e. The van der Waals surface area contributed by atoms with Crippen LogP contribution in [0.1, 0.15) is 56.9 Å². The lowest BCUT2D eigenvalue weighted by Crippen LogP contribution is -2.37. The van der Waals surface area contributed by atoms with Gasteiger partial charge < -0.3 is 18.7 Å². The van der Waals surface area contributed by atoms with Crippen LogP contribution in [-0.2, 0) is 25.3 Å². The van der Waals surface area contributed by atoms with Crippen LogP contribution in [0.4, 0.5) is 0 Å². The highest BCUT2D eigenvalue weighted by molar-refractivity contribution is 14.2. The SMILES string of the molecule is IPOCCCCCOCCCCCOC1CC(OCc2ccccc2)C1. The Labute approximate surface area is 179 Å². The van der Waals surface area contributed by atoms with Crippen molar-refractivity contribution >= 4 is 28.5 Å². The van der Waals surface area contributed by atoms with Gasteiger partial charge in [-0.3, -0.25) is 0 Å². The quantitative estimate of drug-likeness (QED) is 0.146. The second-order valence-corrected chi connectivity index (χ2v) is 8.81. The van der Waals surface area contributed by atoms with Crippen molar-refractivity contribution in [1.29, 1.82) is 0 Å². The van der Waals surface area contributed by atoms with Crippen LogP contribution < -0.4 is 0 Å². The van der Waals surface area contributed by atoms with Crippen LogP contribution >= 0.6 is 28.5 Å². The molecule has 0 amide bonds. The fraction of sp³-hybridized carbons (Fsp3) is 0.714. The third kappa shape index (κ3) is 11.7. The molecule has 0 radical (unpaired) electrons. The minimum Gasteiger partial charge on any atom is -0.381 e. The fourth-order valence-corrected chi connectivity index (χ4v) is 3.89. The van der Waals surface area contributed by atoms with Gasteiger partial charge in [0.05, 0.1) is 31.9 Å². The van der Waals surface area contributed by atoms with Crippen LogP contribution in [0.25, 0.3) is 0 Å². The smallest absolute Gasteiger partial charge is 0.0793 e. The summed E-state index contributed by atoms with van der Waals surface area (Å²) in [5.41, 5.74) is 1.25. The summed E-state index contributed by atoms with van der Waals surface area (Å²) in [6.45, 7) is 4.82. The minimum atomic E-state index is 0.372. The first kappa shape index (κ1) is 23.5. The van der Waals surface area contributed by atoms with E-state index in [0.717, 1.165) is 65.0 Å². The summed E-state index contributed by atoms with van der Waals surface area (Å²) in [5.74, 6) is 0. The zero-order valence-corrected chi connectivity index (χ0v) is 19.4. The average molecular weight is 508 g/mol. The summed E-state index contributed by atoms with van der Waals surface area (Å²) in [4.78, 5) is 0. The third-order valence-corrected chi connectivity index (χ3v) is 6.00. The molecule has 6 heteroatoms. The number of hydrogen-bond acceptors (Lipinski definition) is 4. The van der Waals surface area contributed by atoms with Crippen LogP contribution in [-0.4, -0.2) is 38.6 Å². The molecule has 0 saturated heterocycles. The summed E-state index contributed by atoms with van der Waals surface area (Å²) in [7, 11) is 0. The van der Waals surface area contributed by atoms with Crippen LogP contribution in [0, 0.1) is 0 Å². The normalized spacial score (nSPS) is 19.6. The van der Waals surface area contributed by atoms with E-state index in [2.05, 4.69) is 46.3 Å². The van der Waals surface area contributed by atoms with Gasteiger partial charge >= 0.3 is 0 Å². The molecule has 0 aliphatic heterocycles. The highest BCUT2D eigenvalue weighted by Gasteiger charge is 2.30. The lowest BCUT2D eigenvalue weighted by Gasteiger charge is -2.35. The maximum Gasteiger partial charge on any atom is 0.0793 e. The molecule has 0 heterocycles. The van der Waals surface area contributed by atoms with Crippen molar-refractivity contribution in [1.82, 2.24) is 0 Å². The summed E-state index contributed by atoms with van der Waals surface area (Å²) in [6.07, 6.45) is 9.80. The highest BCUT2D eigenvalue weighted by atomic mass is 127. The Bertz CT molecular complexity index is 457. The highest BCUT2D eigenvalue weighted by Crippen LogP contribution is 2.27. The van der Waals surface area contributed by atoms with Gasteiger partial charge in [0.15, 0.2) is 0 Å². The van der Waals surface area contributed by atoms with E-state index in [9.17, 15) is 0 Å². The average Bonchev–Trinajstić information content (AvgIpc) is 2.67. The van der Waals surface area contributed by atoms with Crippen molar-refractivity contribution in [3.8, 4) is 0 Å². The minimum absolute atomic E-state index is 0.372. The van der Waals surface area contributed by atoms with E-state index in [1.54, 1.807) is 0 Å². The molecule has 154 valence electrons. The Morgan fingerprint density at radius 1 is 0.778 bits per heavy atom. The molecule has 4 nitrogen and oxygen atoms in total. The molecule has 0 bridgehead atoms. The second-order valence-electron chi connectivity index (χ2n) is 7.04. The van der Waals surface area contributed by atoms with Crippen molar-refractivity contribution in [3.63, 3.8) is 0 Å². The van der Waals surface area contributed by atoms with E-state index in [0.29, 0.717) is 25.3 Å². The molecule has 1 aliphatic rings. The Morgan fingerprint density at radius 2 is 1.41 bits per heavy atom. The molecule has 27 heavy (non-hydrogen) atoms. The van der Waals surface area contributed by atoms with Gasteiger partial charge in [-0.05, 0) is 79.0 Å². The van der Waals surface area contributed by atoms with Gasteiger partial charge in [0.1, 0.15) is 0 Å². The number of hydrogen-bond donors (Lipinski definition) is 0. The van der Waals surface area contributed by atoms with E-state index in [4.69, 9.17) is 18.7 Å². The molecule has 0 spiro atoms. The molecule has 0 N–H and O–H groups in total. The Hall–Kier alpha value is 0.220. The first-order valence-electron chi connectivity index (χ1n) is 10.2. The van der Waals surface area contributed by atoms with Crippen molar-refractivity contribution in [2.24, 2.45) is 0 Å². The molecule has 1 aromatic carbocycles. The van der Waals surface area contributed by atoms with Gasteiger partial charge in [-0.1, -0.05) is 30.3 Å². The lowest BCUT2D eigenvalue weighted by atomic mass is 9.92. The zero-order chi connectivity index (χ0) is 19.0. The predicted molar refractivity (Wildman–Crippen MR) is 121 cm³/mol. The Kier molecular flexibility index (Phi) is 14.0. The molecular weight excluding hydrogens is 474 g/mol. The van der Waals surface area contributed by atoms with Crippen molar-refractivity contribution < 1.29 is 18.7 Å². The van der Waals surface area contributed by atoms with Gasteiger partial charge in [0, 0.05) is 19.8 Å². The predicted octanol–water partition coefficient (Wildman–Crippen LogP) is 6.07. The molecule has 1 fully saturated rings. The summed E-state index contributed by atoms with van der Waals surface area (Å²) in [5, 5.41) is 0. The van der Waals surface area contributed by atoms with Crippen molar-refractivity contribution in [2.45, 2.75) is 70.2 Å². The van der Waals surface area contributed by atoms with Crippen LogP contribution in [0.3, 0.4) is 0 Å². The van der Waals surface area contributed by atoms with E-state index < -0.39 is 0 Å². The Balaban J connectivity index is 1.28. The number of halogens is 1. The first-order valence-corrected chi connectivity index (χ1v) is 14.2. The van der Waals surface area contributed by atoms with E-state index in [1.165, 1.54) is 18.4 Å². The van der Waals surface area contributed by atoms with Crippen LogP contribution in [0.2, 0.25) is 0 Å². The zero-order valence-electron chi connectivity index (χ0n) is 16.2. The topological polar surface area (TPSA) is 36.9 Å². The monoisotopic (exact) mass is 508 g/mol. The molecule has 1 unspecified atom stereocenters. The Morgan fingerprint density at radius 3 is 2.11 bits per heavy atom. The summed E-state index contributed by atoms with van der Waals surface area (Å²) in [6, 6.07) is 10.4. The van der Waals surface area contributed by atoms with Crippen molar-refractivity contribution in [2.75, 3.05) is 26.4 Å². The number of ether oxygens (including phenoxy) is 3. The molecule has 1 aliphatic carbocycles. The first-order chi connectivity index (χ1) is 13.4. The van der Waals surface area contributed by atoms with Gasteiger partial charge in [0.2, 0.25) is 0 Å². The van der Waals surface area contributed by atoms with Gasteiger partial charge in [-0.25, -0.2) is 0 Å². The number of unbranched alkanes of at least 4 members (excludes halogenated alkanes) is 4. The second kappa shape index (κ2) is 16.1. The van der Waals surface area contributed by atoms with Gasteiger partial charge in [0.25, 0.3) is 0 Å². The third-order valence-electron chi connectivity index (χ3n) is 4.76. The van der Waals surface area contributed by atoms with Crippen LogP contribution in [0.5, 0.6) is 0 Å². The molecule has 1 atom stereocenters. The lowest BCUT2D eigenvalue weighted by molar-refractivity contribution is -0.107. The van der Waals surface area contributed by atoms with E-state index in [1.807, 2.05) is 6.07 Å². The number of benzene rings is 1. The standard InChI is InChI=1S/C21H34IO4P/c22-27-26-15-9-3-7-13-23-12-6-2-8-14-24-20-16-21(17-20)25-18-19-10-4-1-5-11-19/h1,4-5,10-11,20-21,27H,2-3,6-9,12-18H2. The number of rotatable bonds is 17. The fourth-order valence-electron chi connectivity index (χ4n) is 3.01. The summed E-state index contributed by atoms with van der Waals surface area (Å²) < 4.78 is 22.8. The van der Waals surface area contributed by atoms with E-state index in [-0.39, 0.29) is 0 Å². The summed E-state index contributed by atoms with van der Waals surface area (Å²) >= 11 is 2.26. The van der Waals surface area contributed by atoms with Crippen molar-refractivity contribution in [3.05, 3.63) is 35.9 Å². The van der Waals surface area contributed by atoms with E-state index >= 15 is 0 Å². The van der Waals surface area contributed by atoms with Gasteiger partial charge in [-0.15, -0.1) is 0 Å².